The van der Waals surface area contributed by atoms with Crippen molar-refractivity contribution in [3.05, 3.63) is 62.4 Å². The third-order valence-corrected chi connectivity index (χ3v) is 5.16. The second-order valence-electron chi connectivity index (χ2n) is 5.86. The molecule has 0 aliphatic carbocycles. The van der Waals surface area contributed by atoms with E-state index in [0.29, 0.717) is 22.4 Å². The molecule has 0 spiro atoms. The number of carbonyl (C=O) groups excluding carboxylic acids is 1. The fraction of sp³-hybridized carbons (Fsp3) is 0.235. The first-order chi connectivity index (χ1) is 12.3. The maximum absolute atomic E-state index is 12.5. The molecule has 2 heterocycles. The first-order valence-corrected chi connectivity index (χ1v) is 9.38. The van der Waals surface area contributed by atoms with Gasteiger partial charge in [0, 0.05) is 17.4 Å². The average molecular weight is 457 g/mol. The SMILES string of the molecule is Cc1nn(C(C)C(=O)Nc2nn(Cc3ccc(Cl)cc3)cc2Cl)cc1Br. The number of aryl methyl sites for hydroxylation is 1. The molecular weight excluding hydrogens is 441 g/mol. The van der Waals surface area contributed by atoms with Crippen molar-refractivity contribution in [2.24, 2.45) is 0 Å². The van der Waals surface area contributed by atoms with E-state index in [2.05, 4.69) is 31.4 Å². The molecule has 26 heavy (non-hydrogen) atoms. The van der Waals surface area contributed by atoms with Gasteiger partial charge in [-0.25, -0.2) is 0 Å². The lowest BCUT2D eigenvalue weighted by molar-refractivity contribution is -0.119. The van der Waals surface area contributed by atoms with Crippen LogP contribution in [0.2, 0.25) is 10.0 Å². The van der Waals surface area contributed by atoms with Crippen molar-refractivity contribution < 1.29 is 4.79 Å². The zero-order chi connectivity index (χ0) is 18.8. The summed E-state index contributed by atoms with van der Waals surface area (Å²) in [5.41, 5.74) is 1.84. The van der Waals surface area contributed by atoms with E-state index < -0.39 is 6.04 Å². The molecule has 3 rings (SSSR count). The molecule has 136 valence electrons. The molecule has 0 aliphatic heterocycles. The van der Waals surface area contributed by atoms with Crippen molar-refractivity contribution in [3.63, 3.8) is 0 Å². The van der Waals surface area contributed by atoms with E-state index in [9.17, 15) is 4.79 Å². The van der Waals surface area contributed by atoms with Gasteiger partial charge in [-0.15, -0.1) is 0 Å². The van der Waals surface area contributed by atoms with Gasteiger partial charge in [0.25, 0.3) is 0 Å². The van der Waals surface area contributed by atoms with E-state index in [1.807, 2.05) is 31.2 Å². The lowest BCUT2D eigenvalue weighted by Crippen LogP contribution is -2.24. The Morgan fingerprint density at radius 3 is 2.54 bits per heavy atom. The summed E-state index contributed by atoms with van der Waals surface area (Å²) in [6.07, 6.45) is 3.44. The minimum atomic E-state index is -0.502. The third-order valence-electron chi connectivity index (χ3n) is 3.85. The molecule has 3 aromatic rings. The highest BCUT2D eigenvalue weighted by Gasteiger charge is 2.19. The van der Waals surface area contributed by atoms with Crippen LogP contribution in [0.4, 0.5) is 5.82 Å². The molecule has 1 atom stereocenters. The topological polar surface area (TPSA) is 64.7 Å². The zero-order valence-corrected chi connectivity index (χ0v) is 17.2. The van der Waals surface area contributed by atoms with E-state index in [-0.39, 0.29) is 5.91 Å². The van der Waals surface area contributed by atoms with Crippen LogP contribution < -0.4 is 5.32 Å². The van der Waals surface area contributed by atoms with Crippen LogP contribution in [-0.2, 0) is 11.3 Å². The Balaban J connectivity index is 1.70. The van der Waals surface area contributed by atoms with Crippen LogP contribution >= 0.6 is 39.1 Å². The van der Waals surface area contributed by atoms with Crippen molar-refractivity contribution in [1.82, 2.24) is 19.6 Å². The number of amides is 1. The van der Waals surface area contributed by atoms with Gasteiger partial charge in [-0.2, -0.15) is 10.2 Å². The van der Waals surface area contributed by atoms with E-state index in [4.69, 9.17) is 23.2 Å². The fourth-order valence-corrected chi connectivity index (χ4v) is 2.95. The Bertz CT molecular complexity index is 916. The molecule has 9 heteroatoms. The van der Waals surface area contributed by atoms with E-state index in [0.717, 1.165) is 15.7 Å². The van der Waals surface area contributed by atoms with Gasteiger partial charge in [0.2, 0.25) is 5.91 Å². The van der Waals surface area contributed by atoms with Crippen LogP contribution in [0.25, 0.3) is 0 Å². The van der Waals surface area contributed by atoms with Crippen LogP contribution in [-0.4, -0.2) is 25.5 Å². The lowest BCUT2D eigenvalue weighted by atomic mass is 10.2. The van der Waals surface area contributed by atoms with Crippen molar-refractivity contribution in [2.45, 2.75) is 26.4 Å². The highest BCUT2D eigenvalue weighted by molar-refractivity contribution is 9.10. The number of halogens is 3. The number of carbonyl (C=O) groups is 1. The van der Waals surface area contributed by atoms with Crippen LogP contribution in [0, 0.1) is 6.92 Å². The molecular formula is C17H16BrCl2N5O. The summed E-state index contributed by atoms with van der Waals surface area (Å²) in [7, 11) is 0. The van der Waals surface area contributed by atoms with Gasteiger partial charge in [-0.3, -0.25) is 14.2 Å². The summed E-state index contributed by atoms with van der Waals surface area (Å²) in [5.74, 6) is 0.0686. The molecule has 2 aromatic heterocycles. The van der Waals surface area contributed by atoms with Crippen molar-refractivity contribution >= 4 is 50.9 Å². The van der Waals surface area contributed by atoms with E-state index >= 15 is 0 Å². The van der Waals surface area contributed by atoms with Gasteiger partial charge in [0.1, 0.15) is 11.1 Å². The average Bonchev–Trinajstić information content (AvgIpc) is 3.11. The smallest absolute Gasteiger partial charge is 0.250 e. The summed E-state index contributed by atoms with van der Waals surface area (Å²) in [5, 5.41) is 12.5. The number of hydrogen-bond donors (Lipinski definition) is 1. The number of aromatic nitrogens is 4. The molecule has 6 nitrogen and oxygen atoms in total. The summed E-state index contributed by atoms with van der Waals surface area (Å²) < 4.78 is 4.11. The van der Waals surface area contributed by atoms with Gasteiger partial charge in [0.05, 0.1) is 16.7 Å². The Morgan fingerprint density at radius 2 is 1.92 bits per heavy atom. The van der Waals surface area contributed by atoms with Crippen LogP contribution in [0.1, 0.15) is 24.2 Å². The molecule has 1 aromatic carbocycles. The van der Waals surface area contributed by atoms with Gasteiger partial charge < -0.3 is 5.32 Å². The normalized spacial score (nSPS) is 12.2. The van der Waals surface area contributed by atoms with Gasteiger partial charge >= 0.3 is 0 Å². The summed E-state index contributed by atoms with van der Waals surface area (Å²) in [4.78, 5) is 12.5. The minimum absolute atomic E-state index is 0.251. The quantitative estimate of drug-likeness (QED) is 0.604. The Hall–Kier alpha value is -1.83. The number of nitrogens with zero attached hydrogens (tertiary/aromatic N) is 4. The number of nitrogens with one attached hydrogen (secondary N) is 1. The molecule has 0 bridgehead atoms. The number of rotatable bonds is 5. The van der Waals surface area contributed by atoms with Crippen LogP contribution in [0.5, 0.6) is 0 Å². The largest absolute Gasteiger partial charge is 0.306 e. The molecule has 0 aliphatic rings. The second-order valence-corrected chi connectivity index (χ2v) is 7.56. The fourth-order valence-electron chi connectivity index (χ4n) is 2.34. The standard InChI is InChI=1S/C17H16BrCl2N5O/c1-10-14(18)8-25(22-10)11(2)17(26)21-16-15(20)9-24(23-16)7-12-3-5-13(19)6-4-12/h3-6,8-9,11H,7H2,1-2H3,(H,21,23,26). The highest BCUT2D eigenvalue weighted by atomic mass is 79.9. The maximum atomic E-state index is 12.5. The highest BCUT2D eigenvalue weighted by Crippen LogP contribution is 2.22. The third kappa shape index (κ3) is 4.28. The molecule has 0 saturated carbocycles. The first-order valence-electron chi connectivity index (χ1n) is 7.83. The van der Waals surface area contributed by atoms with Crippen molar-refractivity contribution in [3.8, 4) is 0 Å². The van der Waals surface area contributed by atoms with Crippen molar-refractivity contribution in [2.75, 3.05) is 5.32 Å². The zero-order valence-electron chi connectivity index (χ0n) is 14.1. The maximum Gasteiger partial charge on any atom is 0.250 e. The molecule has 1 N–H and O–H groups in total. The van der Waals surface area contributed by atoms with Crippen LogP contribution in [0.3, 0.4) is 0 Å². The van der Waals surface area contributed by atoms with E-state index in [1.54, 1.807) is 28.7 Å². The predicted octanol–water partition coefficient (Wildman–Crippen LogP) is 4.71. The van der Waals surface area contributed by atoms with Gasteiger partial charge in [0.15, 0.2) is 5.82 Å². The van der Waals surface area contributed by atoms with Crippen LogP contribution in [0.15, 0.2) is 41.1 Å². The van der Waals surface area contributed by atoms with E-state index in [1.165, 1.54) is 0 Å². The van der Waals surface area contributed by atoms with Gasteiger partial charge in [-0.05, 0) is 47.5 Å². The second kappa shape index (κ2) is 7.82. The Labute approximate surface area is 169 Å². The first kappa shape index (κ1) is 18.9. The van der Waals surface area contributed by atoms with Gasteiger partial charge in [-0.1, -0.05) is 35.3 Å². The number of benzene rings is 1. The van der Waals surface area contributed by atoms with Crippen molar-refractivity contribution in [1.29, 1.82) is 0 Å². The summed E-state index contributed by atoms with van der Waals surface area (Å²) >= 11 is 15.5. The Morgan fingerprint density at radius 1 is 1.23 bits per heavy atom. The lowest BCUT2D eigenvalue weighted by Gasteiger charge is -2.11. The molecule has 1 unspecified atom stereocenters. The molecule has 0 radical (unpaired) electrons. The molecule has 0 saturated heterocycles. The summed E-state index contributed by atoms with van der Waals surface area (Å²) in [6, 6.07) is 6.96. The Kier molecular flexibility index (Phi) is 5.70. The number of anilines is 1. The number of hydrogen-bond acceptors (Lipinski definition) is 3. The minimum Gasteiger partial charge on any atom is -0.306 e. The molecule has 0 fully saturated rings. The predicted molar refractivity (Wildman–Crippen MR) is 106 cm³/mol. The summed E-state index contributed by atoms with van der Waals surface area (Å²) in [6.45, 7) is 4.14. The molecule has 1 amide bonds. The monoisotopic (exact) mass is 455 g/mol.